The minimum absolute atomic E-state index is 0.497. The highest BCUT2D eigenvalue weighted by Crippen LogP contribution is 2.46. The molecule has 0 nitrogen and oxygen atoms in total. The Bertz CT molecular complexity index is 174. The Labute approximate surface area is 105 Å². The molecule has 0 atom stereocenters. The van der Waals surface area contributed by atoms with Crippen molar-refractivity contribution in [2.75, 3.05) is 0 Å². The van der Waals surface area contributed by atoms with Gasteiger partial charge in [0, 0.05) is 0 Å². The molecule has 0 bridgehead atoms. The maximum atomic E-state index is 2.47. The van der Waals surface area contributed by atoms with E-state index in [4.69, 9.17) is 0 Å². The number of rotatable bonds is 5. The third-order valence-corrected chi connectivity index (χ3v) is 12.1. The van der Waals surface area contributed by atoms with Crippen LogP contribution < -0.4 is 0 Å². The first-order valence-corrected chi connectivity index (χ1v) is 9.48. The molecule has 0 saturated carbocycles. The highest BCUT2D eigenvalue weighted by Gasteiger charge is 2.42. The maximum Gasteiger partial charge on any atom is 0.0613 e. The van der Waals surface area contributed by atoms with Gasteiger partial charge in [-0.25, -0.2) is 0 Å². The zero-order chi connectivity index (χ0) is 13.1. The first-order chi connectivity index (χ1) is 7.04. The molecule has 0 aromatic heterocycles. The molecule has 0 aromatic carbocycles. The van der Waals surface area contributed by atoms with E-state index in [0.29, 0.717) is 5.41 Å². The van der Waals surface area contributed by atoms with Gasteiger partial charge in [-0.1, -0.05) is 91.4 Å². The van der Waals surface area contributed by atoms with Gasteiger partial charge in [0.15, 0.2) is 0 Å². The van der Waals surface area contributed by atoms with Crippen molar-refractivity contribution in [1.29, 1.82) is 0 Å². The van der Waals surface area contributed by atoms with Crippen LogP contribution in [0.3, 0.4) is 0 Å². The molecule has 0 rings (SSSR count). The van der Waals surface area contributed by atoms with E-state index < -0.39 is 8.07 Å². The van der Waals surface area contributed by atoms with E-state index in [2.05, 4.69) is 62.3 Å². The van der Waals surface area contributed by atoms with Gasteiger partial charge in [0.1, 0.15) is 0 Å². The molecule has 0 spiro atoms. The molecule has 16 heavy (non-hydrogen) atoms. The van der Waals surface area contributed by atoms with E-state index in [1.165, 1.54) is 12.5 Å². The molecular weight excluding hydrogens is 208 g/mol. The van der Waals surface area contributed by atoms with E-state index in [0.717, 1.165) is 16.6 Å². The van der Waals surface area contributed by atoms with Crippen LogP contribution in [0.2, 0.25) is 22.7 Å². The molecule has 98 valence electrons. The normalized spacial score (nSPS) is 14.2. The monoisotopic (exact) mass is 242 g/mol. The Morgan fingerprint density at radius 3 is 1.25 bits per heavy atom. The molecule has 0 saturated heterocycles. The van der Waals surface area contributed by atoms with Crippen LogP contribution in [0.25, 0.3) is 0 Å². The molecular formula is C15H34Si. The Balaban J connectivity index is 4.92. The summed E-state index contributed by atoms with van der Waals surface area (Å²) in [5.41, 5.74) is 3.23. The van der Waals surface area contributed by atoms with E-state index in [-0.39, 0.29) is 0 Å². The van der Waals surface area contributed by atoms with Crippen molar-refractivity contribution in [3.63, 3.8) is 0 Å². The van der Waals surface area contributed by atoms with Gasteiger partial charge in [-0.05, 0) is 5.41 Å². The van der Waals surface area contributed by atoms with Crippen LogP contribution in [0.5, 0.6) is 0 Å². The van der Waals surface area contributed by atoms with Crippen LogP contribution >= 0.6 is 0 Å². The van der Waals surface area contributed by atoms with Crippen molar-refractivity contribution in [2.24, 2.45) is 5.41 Å². The molecule has 0 aromatic rings. The van der Waals surface area contributed by atoms with Crippen LogP contribution in [-0.2, 0) is 0 Å². The van der Waals surface area contributed by atoms with Crippen LogP contribution in [0.4, 0.5) is 0 Å². The fourth-order valence-corrected chi connectivity index (χ4v) is 10.4. The second kappa shape index (κ2) is 5.71. The minimum Gasteiger partial charge on any atom is -0.0651 e. The standard InChI is InChI=1S/C15H34Si/c1-12(2)16(13(3)4,14(5)6)11-10-15(7,8)9/h12-14H,10-11H2,1-9H3. The summed E-state index contributed by atoms with van der Waals surface area (Å²) in [5, 5.41) is 0. The lowest BCUT2D eigenvalue weighted by Crippen LogP contribution is -2.44. The van der Waals surface area contributed by atoms with E-state index >= 15 is 0 Å². The zero-order valence-electron chi connectivity index (χ0n) is 13.1. The Hall–Kier alpha value is 0.217. The van der Waals surface area contributed by atoms with Crippen LogP contribution in [0, 0.1) is 5.41 Å². The van der Waals surface area contributed by atoms with Crippen molar-refractivity contribution >= 4 is 8.07 Å². The van der Waals surface area contributed by atoms with E-state index in [1.807, 2.05) is 0 Å². The topological polar surface area (TPSA) is 0 Å². The summed E-state index contributed by atoms with van der Waals surface area (Å²) >= 11 is 0. The van der Waals surface area contributed by atoms with Crippen LogP contribution in [-0.4, -0.2) is 8.07 Å². The quantitative estimate of drug-likeness (QED) is 0.511. The molecule has 0 amide bonds. The Morgan fingerprint density at radius 2 is 1.06 bits per heavy atom. The van der Waals surface area contributed by atoms with Gasteiger partial charge in [0.2, 0.25) is 0 Å². The average molecular weight is 243 g/mol. The molecule has 0 heterocycles. The van der Waals surface area contributed by atoms with Crippen molar-refractivity contribution in [3.8, 4) is 0 Å². The summed E-state index contributed by atoms with van der Waals surface area (Å²) in [6, 6.07) is 1.50. The third kappa shape index (κ3) is 3.91. The van der Waals surface area contributed by atoms with Crippen molar-refractivity contribution < 1.29 is 0 Å². The highest BCUT2D eigenvalue weighted by molar-refractivity contribution is 6.83. The van der Waals surface area contributed by atoms with Gasteiger partial charge in [0.05, 0.1) is 8.07 Å². The molecule has 0 aliphatic heterocycles. The molecule has 1 heteroatoms. The number of hydrogen-bond donors (Lipinski definition) is 0. The molecule has 0 N–H and O–H groups in total. The molecule has 0 aliphatic carbocycles. The summed E-state index contributed by atoms with van der Waals surface area (Å²) < 4.78 is 0. The Morgan fingerprint density at radius 1 is 0.750 bits per heavy atom. The second-order valence-corrected chi connectivity index (χ2v) is 13.8. The van der Waals surface area contributed by atoms with Gasteiger partial charge >= 0.3 is 0 Å². The van der Waals surface area contributed by atoms with E-state index in [9.17, 15) is 0 Å². The molecule has 0 unspecified atom stereocenters. The first kappa shape index (κ1) is 16.2. The van der Waals surface area contributed by atoms with Crippen molar-refractivity contribution in [2.45, 2.75) is 91.4 Å². The summed E-state index contributed by atoms with van der Waals surface area (Å²) in [6.45, 7) is 21.9. The first-order valence-electron chi connectivity index (χ1n) is 7.04. The summed E-state index contributed by atoms with van der Waals surface area (Å²) in [5.74, 6) is 0. The van der Waals surface area contributed by atoms with Gasteiger partial charge in [-0.3, -0.25) is 0 Å². The predicted molar refractivity (Wildman–Crippen MR) is 79.9 cm³/mol. The van der Waals surface area contributed by atoms with Gasteiger partial charge < -0.3 is 0 Å². The summed E-state index contributed by atoms with van der Waals surface area (Å²) in [7, 11) is -1.14. The smallest absolute Gasteiger partial charge is 0.0613 e. The zero-order valence-corrected chi connectivity index (χ0v) is 14.1. The lowest BCUT2D eigenvalue weighted by Gasteiger charge is -2.44. The van der Waals surface area contributed by atoms with E-state index in [1.54, 1.807) is 0 Å². The highest BCUT2D eigenvalue weighted by atomic mass is 28.3. The average Bonchev–Trinajstić information content (AvgIpc) is 2.00. The molecule has 0 radical (unpaired) electrons. The summed E-state index contributed by atoms with van der Waals surface area (Å²) in [4.78, 5) is 0. The second-order valence-electron chi connectivity index (χ2n) is 7.64. The van der Waals surface area contributed by atoms with Crippen molar-refractivity contribution in [3.05, 3.63) is 0 Å². The molecule has 0 aliphatic rings. The Kier molecular flexibility index (Phi) is 5.78. The fraction of sp³-hybridized carbons (Fsp3) is 1.00. The SMILES string of the molecule is CC(C)[Si](CCC(C)(C)C)(C(C)C)C(C)C. The minimum atomic E-state index is -1.14. The van der Waals surface area contributed by atoms with Crippen LogP contribution in [0.1, 0.15) is 68.7 Å². The maximum absolute atomic E-state index is 2.47. The summed E-state index contributed by atoms with van der Waals surface area (Å²) in [6.07, 6.45) is 1.40. The molecule has 0 fully saturated rings. The van der Waals surface area contributed by atoms with Gasteiger partial charge in [-0.2, -0.15) is 0 Å². The largest absolute Gasteiger partial charge is 0.0651 e. The van der Waals surface area contributed by atoms with Gasteiger partial charge in [0.25, 0.3) is 0 Å². The lowest BCUT2D eigenvalue weighted by molar-refractivity contribution is 0.392. The number of hydrogen-bond acceptors (Lipinski definition) is 0. The third-order valence-electron chi connectivity index (χ3n) is 4.53. The van der Waals surface area contributed by atoms with Crippen molar-refractivity contribution in [1.82, 2.24) is 0 Å². The lowest BCUT2D eigenvalue weighted by atomic mass is 9.94. The van der Waals surface area contributed by atoms with Gasteiger partial charge in [-0.15, -0.1) is 0 Å². The van der Waals surface area contributed by atoms with Crippen LogP contribution in [0.15, 0.2) is 0 Å². The fourth-order valence-electron chi connectivity index (χ4n) is 3.46. The predicted octanol–water partition coefficient (Wildman–Crippen LogP) is 6.10.